The van der Waals surface area contributed by atoms with E-state index in [0.717, 1.165) is 28.7 Å². The summed E-state index contributed by atoms with van der Waals surface area (Å²) in [6, 6.07) is 13.5. The number of hydrogen-bond donors (Lipinski definition) is 2. The first kappa shape index (κ1) is 13.1. The van der Waals surface area contributed by atoms with Crippen molar-refractivity contribution in [1.29, 1.82) is 0 Å². The molecule has 2 aromatic rings. The van der Waals surface area contributed by atoms with E-state index in [2.05, 4.69) is 0 Å². The summed E-state index contributed by atoms with van der Waals surface area (Å²) in [6.45, 7) is 2.04. The monoisotopic (exact) mass is 255 g/mol. The summed E-state index contributed by atoms with van der Waals surface area (Å²) >= 11 is 0. The summed E-state index contributed by atoms with van der Waals surface area (Å²) in [4.78, 5) is 11.0. The van der Waals surface area contributed by atoms with Crippen molar-refractivity contribution in [2.75, 3.05) is 5.73 Å². The molecule has 2 aromatic carbocycles. The van der Waals surface area contributed by atoms with E-state index in [0.29, 0.717) is 5.69 Å². The number of anilines is 1. The van der Waals surface area contributed by atoms with Crippen LogP contribution in [0.5, 0.6) is 0 Å². The number of benzene rings is 2. The van der Waals surface area contributed by atoms with Gasteiger partial charge in [-0.25, -0.2) is 0 Å². The van der Waals surface area contributed by atoms with Gasteiger partial charge in [0.1, 0.15) is 0 Å². The van der Waals surface area contributed by atoms with E-state index in [1.807, 2.05) is 49.4 Å². The zero-order valence-corrected chi connectivity index (χ0v) is 10.9. The molecule has 0 aliphatic heterocycles. The van der Waals surface area contributed by atoms with Crippen molar-refractivity contribution < 1.29 is 9.90 Å². The molecule has 0 spiro atoms. The van der Waals surface area contributed by atoms with Crippen molar-refractivity contribution in [1.82, 2.24) is 0 Å². The van der Waals surface area contributed by atoms with E-state index in [1.54, 1.807) is 0 Å². The first-order valence-corrected chi connectivity index (χ1v) is 6.31. The van der Waals surface area contributed by atoms with Crippen LogP contribution in [0.4, 0.5) is 5.69 Å². The lowest BCUT2D eigenvalue weighted by atomic mass is 9.92. The first-order chi connectivity index (χ1) is 9.13. The fourth-order valence-corrected chi connectivity index (χ4v) is 2.27. The molecule has 0 fully saturated rings. The molecule has 2 rings (SSSR count). The van der Waals surface area contributed by atoms with Gasteiger partial charge in [0.25, 0.3) is 0 Å². The molecule has 3 nitrogen and oxygen atoms in total. The van der Waals surface area contributed by atoms with Crippen LogP contribution in [0.3, 0.4) is 0 Å². The number of aryl methyl sites for hydroxylation is 1. The molecule has 3 heteroatoms. The second-order valence-electron chi connectivity index (χ2n) is 4.46. The smallest absolute Gasteiger partial charge is 0.307 e. The molecule has 0 saturated carbocycles. The fraction of sp³-hybridized carbons (Fsp3) is 0.188. The highest BCUT2D eigenvalue weighted by molar-refractivity contribution is 5.85. The maximum Gasteiger partial charge on any atom is 0.307 e. The highest BCUT2D eigenvalue weighted by Gasteiger charge is 2.14. The Balaban J connectivity index is 2.63. The minimum absolute atomic E-state index is 0.0155. The van der Waals surface area contributed by atoms with E-state index in [9.17, 15) is 4.79 Å². The van der Waals surface area contributed by atoms with Gasteiger partial charge in [-0.3, -0.25) is 4.79 Å². The van der Waals surface area contributed by atoms with E-state index in [4.69, 9.17) is 10.8 Å². The Morgan fingerprint density at radius 3 is 2.32 bits per heavy atom. The zero-order valence-electron chi connectivity index (χ0n) is 10.9. The molecule has 98 valence electrons. The molecule has 0 unspecified atom stereocenters. The van der Waals surface area contributed by atoms with Crippen molar-refractivity contribution in [3.8, 4) is 11.1 Å². The van der Waals surface area contributed by atoms with Gasteiger partial charge in [-0.2, -0.15) is 0 Å². The van der Waals surface area contributed by atoms with Crippen LogP contribution in [-0.4, -0.2) is 11.1 Å². The molecule has 0 aromatic heterocycles. The van der Waals surface area contributed by atoms with E-state index in [-0.39, 0.29) is 6.42 Å². The Morgan fingerprint density at radius 1 is 1.11 bits per heavy atom. The molecular formula is C16H17NO2. The molecule has 0 bridgehead atoms. The predicted molar refractivity (Wildman–Crippen MR) is 77.0 cm³/mol. The van der Waals surface area contributed by atoms with Gasteiger partial charge >= 0.3 is 5.97 Å². The lowest BCUT2D eigenvalue weighted by Crippen LogP contribution is -2.05. The van der Waals surface area contributed by atoms with E-state index in [1.165, 1.54) is 0 Å². The minimum atomic E-state index is -0.846. The second-order valence-corrected chi connectivity index (χ2v) is 4.46. The highest BCUT2D eigenvalue weighted by atomic mass is 16.4. The van der Waals surface area contributed by atoms with Crippen molar-refractivity contribution in [3.63, 3.8) is 0 Å². The van der Waals surface area contributed by atoms with Gasteiger partial charge in [-0.1, -0.05) is 49.4 Å². The van der Waals surface area contributed by atoms with Crippen LogP contribution in [-0.2, 0) is 17.6 Å². The van der Waals surface area contributed by atoms with Gasteiger partial charge in [0, 0.05) is 11.3 Å². The Morgan fingerprint density at radius 2 is 1.74 bits per heavy atom. The van der Waals surface area contributed by atoms with Gasteiger partial charge in [0.2, 0.25) is 0 Å². The molecule has 19 heavy (non-hydrogen) atoms. The van der Waals surface area contributed by atoms with Crippen molar-refractivity contribution >= 4 is 11.7 Å². The molecule has 0 saturated heterocycles. The number of carboxylic acids is 1. The SMILES string of the molecule is CCc1ccc(CC(=O)O)c(-c2ccccc2)c1N. The third-order valence-electron chi connectivity index (χ3n) is 3.21. The van der Waals surface area contributed by atoms with Crippen molar-refractivity contribution in [2.24, 2.45) is 0 Å². The molecule has 3 N–H and O–H groups in total. The Kier molecular flexibility index (Phi) is 3.85. The zero-order chi connectivity index (χ0) is 13.8. The average Bonchev–Trinajstić information content (AvgIpc) is 2.39. The average molecular weight is 255 g/mol. The summed E-state index contributed by atoms with van der Waals surface area (Å²) in [5.41, 5.74) is 10.5. The van der Waals surface area contributed by atoms with Gasteiger partial charge in [-0.05, 0) is 23.1 Å². The van der Waals surface area contributed by atoms with Crippen LogP contribution in [0.25, 0.3) is 11.1 Å². The van der Waals surface area contributed by atoms with Crippen molar-refractivity contribution in [2.45, 2.75) is 19.8 Å². The quantitative estimate of drug-likeness (QED) is 0.825. The van der Waals surface area contributed by atoms with Gasteiger partial charge < -0.3 is 10.8 Å². The number of carbonyl (C=O) groups is 1. The topological polar surface area (TPSA) is 63.3 Å². The standard InChI is InChI=1S/C16H17NO2/c1-2-11-8-9-13(10-14(18)19)15(16(11)17)12-6-4-3-5-7-12/h3-9H,2,10,17H2,1H3,(H,18,19). The molecule has 0 amide bonds. The van der Waals surface area contributed by atoms with Crippen LogP contribution >= 0.6 is 0 Å². The van der Waals surface area contributed by atoms with Crippen LogP contribution < -0.4 is 5.73 Å². The van der Waals surface area contributed by atoms with E-state index < -0.39 is 5.97 Å². The molecule has 0 aliphatic rings. The number of nitrogens with two attached hydrogens (primary N) is 1. The summed E-state index contributed by atoms with van der Waals surface area (Å²) in [5, 5.41) is 9.01. The van der Waals surface area contributed by atoms with Crippen molar-refractivity contribution in [3.05, 3.63) is 53.6 Å². The maximum atomic E-state index is 11.0. The third kappa shape index (κ3) is 2.76. The molecule has 0 heterocycles. The number of nitrogen functional groups attached to an aromatic ring is 1. The highest BCUT2D eigenvalue weighted by Crippen LogP contribution is 2.33. The third-order valence-corrected chi connectivity index (χ3v) is 3.21. The lowest BCUT2D eigenvalue weighted by Gasteiger charge is -2.15. The fourth-order valence-electron chi connectivity index (χ4n) is 2.27. The maximum absolute atomic E-state index is 11.0. The van der Waals surface area contributed by atoms with Gasteiger partial charge in [0.05, 0.1) is 6.42 Å². The number of aliphatic carboxylic acids is 1. The summed E-state index contributed by atoms with van der Waals surface area (Å²) in [7, 11) is 0. The first-order valence-electron chi connectivity index (χ1n) is 6.31. The van der Waals surface area contributed by atoms with Gasteiger partial charge in [-0.15, -0.1) is 0 Å². The molecule has 0 atom stereocenters. The summed E-state index contributed by atoms with van der Waals surface area (Å²) in [5.74, 6) is -0.846. The summed E-state index contributed by atoms with van der Waals surface area (Å²) in [6.07, 6.45) is 0.817. The Labute approximate surface area is 112 Å². The Bertz CT molecular complexity index is 591. The number of hydrogen-bond acceptors (Lipinski definition) is 2. The van der Waals surface area contributed by atoms with Crippen LogP contribution in [0.2, 0.25) is 0 Å². The minimum Gasteiger partial charge on any atom is -0.481 e. The van der Waals surface area contributed by atoms with Crippen LogP contribution in [0.15, 0.2) is 42.5 Å². The second kappa shape index (κ2) is 5.57. The van der Waals surface area contributed by atoms with Crippen LogP contribution in [0, 0.1) is 0 Å². The lowest BCUT2D eigenvalue weighted by molar-refractivity contribution is -0.136. The van der Waals surface area contributed by atoms with Crippen LogP contribution in [0.1, 0.15) is 18.1 Å². The number of rotatable bonds is 4. The number of carboxylic acid groups (broad SMARTS) is 1. The molecule has 0 radical (unpaired) electrons. The molecular weight excluding hydrogens is 238 g/mol. The van der Waals surface area contributed by atoms with Gasteiger partial charge in [0.15, 0.2) is 0 Å². The molecule has 0 aliphatic carbocycles. The largest absolute Gasteiger partial charge is 0.481 e. The normalized spacial score (nSPS) is 10.4. The Hall–Kier alpha value is -2.29. The predicted octanol–water partition coefficient (Wildman–Crippen LogP) is 3.13. The summed E-state index contributed by atoms with van der Waals surface area (Å²) < 4.78 is 0. The van der Waals surface area contributed by atoms with E-state index >= 15 is 0 Å².